The standard InChI is InChI=1S/C18H25N3O3S/c1-3-6-14(2)20-18(22)15-9-11-21(12-10-15)25(23,24)17-8-5-4-7-16(17)13-19/h4-5,7-8,14-15H,3,6,9-12H2,1-2H3,(H,20,22). The highest BCUT2D eigenvalue weighted by atomic mass is 32.2. The largest absolute Gasteiger partial charge is 0.353 e. The average Bonchev–Trinajstić information content (AvgIpc) is 2.61. The van der Waals surface area contributed by atoms with Crippen LogP contribution in [0, 0.1) is 17.2 Å². The summed E-state index contributed by atoms with van der Waals surface area (Å²) in [4.78, 5) is 12.3. The average molecular weight is 363 g/mol. The Labute approximate surface area is 149 Å². The molecule has 136 valence electrons. The molecule has 1 aliphatic rings. The highest BCUT2D eigenvalue weighted by molar-refractivity contribution is 7.89. The maximum Gasteiger partial charge on any atom is 0.244 e. The lowest BCUT2D eigenvalue weighted by Crippen LogP contribution is -2.44. The molecule has 1 N–H and O–H groups in total. The van der Waals surface area contributed by atoms with Crippen LogP contribution < -0.4 is 5.32 Å². The van der Waals surface area contributed by atoms with Crippen LogP contribution in [0.5, 0.6) is 0 Å². The number of nitrogens with zero attached hydrogens (tertiary/aromatic N) is 2. The fourth-order valence-electron chi connectivity index (χ4n) is 3.15. The molecule has 1 atom stereocenters. The maximum atomic E-state index is 12.8. The molecule has 1 aromatic carbocycles. The first-order valence-corrected chi connectivity index (χ1v) is 10.1. The Bertz CT molecular complexity index is 747. The van der Waals surface area contributed by atoms with Gasteiger partial charge in [-0.05, 0) is 38.3 Å². The molecular weight excluding hydrogens is 338 g/mol. The van der Waals surface area contributed by atoms with Crippen molar-refractivity contribution in [2.75, 3.05) is 13.1 Å². The third kappa shape index (κ3) is 4.59. The first-order valence-electron chi connectivity index (χ1n) is 8.69. The van der Waals surface area contributed by atoms with Gasteiger partial charge in [-0.25, -0.2) is 8.42 Å². The predicted molar refractivity (Wildman–Crippen MR) is 95.2 cm³/mol. The molecule has 1 amide bonds. The normalized spacial score (nSPS) is 17.6. The smallest absolute Gasteiger partial charge is 0.244 e. The van der Waals surface area contributed by atoms with E-state index in [1.165, 1.54) is 16.4 Å². The van der Waals surface area contributed by atoms with E-state index in [0.29, 0.717) is 25.9 Å². The highest BCUT2D eigenvalue weighted by Gasteiger charge is 2.33. The summed E-state index contributed by atoms with van der Waals surface area (Å²) in [6, 6.07) is 8.29. The van der Waals surface area contributed by atoms with Crippen LogP contribution in [0.3, 0.4) is 0 Å². The van der Waals surface area contributed by atoms with Crippen molar-refractivity contribution < 1.29 is 13.2 Å². The lowest BCUT2D eigenvalue weighted by atomic mass is 9.96. The Kier molecular flexibility index (Phi) is 6.57. The molecule has 1 fully saturated rings. The molecule has 1 saturated heterocycles. The summed E-state index contributed by atoms with van der Waals surface area (Å²) in [6.45, 7) is 4.65. The summed E-state index contributed by atoms with van der Waals surface area (Å²) in [7, 11) is -3.71. The van der Waals surface area contributed by atoms with Crippen LogP contribution in [-0.4, -0.2) is 37.8 Å². The Morgan fingerprint density at radius 1 is 1.36 bits per heavy atom. The maximum absolute atomic E-state index is 12.8. The zero-order valence-electron chi connectivity index (χ0n) is 14.7. The van der Waals surface area contributed by atoms with Gasteiger partial charge in [0.2, 0.25) is 15.9 Å². The van der Waals surface area contributed by atoms with Crippen molar-refractivity contribution in [2.24, 2.45) is 5.92 Å². The number of piperidine rings is 1. The summed E-state index contributed by atoms with van der Waals surface area (Å²) in [5, 5.41) is 12.1. The van der Waals surface area contributed by atoms with E-state index >= 15 is 0 Å². The lowest BCUT2D eigenvalue weighted by molar-refractivity contribution is -0.126. The van der Waals surface area contributed by atoms with Gasteiger partial charge in [-0.2, -0.15) is 9.57 Å². The summed E-state index contributed by atoms with van der Waals surface area (Å²) in [5.74, 6) is -0.146. The molecule has 6 nitrogen and oxygen atoms in total. The summed E-state index contributed by atoms with van der Waals surface area (Å²) < 4.78 is 26.9. The van der Waals surface area contributed by atoms with Crippen molar-refractivity contribution in [3.63, 3.8) is 0 Å². The second kappa shape index (κ2) is 8.45. The van der Waals surface area contributed by atoms with Crippen LogP contribution in [0.2, 0.25) is 0 Å². The molecule has 0 spiro atoms. The van der Waals surface area contributed by atoms with Gasteiger partial charge in [-0.3, -0.25) is 4.79 Å². The van der Waals surface area contributed by atoms with Gasteiger partial charge in [-0.15, -0.1) is 0 Å². The van der Waals surface area contributed by atoms with Gasteiger partial charge in [0.25, 0.3) is 0 Å². The van der Waals surface area contributed by atoms with Crippen LogP contribution in [0.1, 0.15) is 45.1 Å². The number of sulfonamides is 1. The van der Waals surface area contributed by atoms with Crippen molar-refractivity contribution in [2.45, 2.75) is 50.5 Å². The monoisotopic (exact) mass is 363 g/mol. The number of hydrogen-bond acceptors (Lipinski definition) is 4. The number of nitriles is 1. The quantitative estimate of drug-likeness (QED) is 0.839. The third-order valence-corrected chi connectivity index (χ3v) is 6.52. The van der Waals surface area contributed by atoms with Gasteiger partial charge >= 0.3 is 0 Å². The van der Waals surface area contributed by atoms with Crippen molar-refractivity contribution >= 4 is 15.9 Å². The van der Waals surface area contributed by atoms with E-state index in [4.69, 9.17) is 5.26 Å². The van der Waals surface area contributed by atoms with Gasteiger partial charge in [0.1, 0.15) is 6.07 Å². The van der Waals surface area contributed by atoms with Gasteiger partial charge < -0.3 is 5.32 Å². The van der Waals surface area contributed by atoms with Gasteiger partial charge in [0.05, 0.1) is 10.5 Å². The predicted octanol–water partition coefficient (Wildman–Crippen LogP) is 2.26. The van der Waals surface area contributed by atoms with E-state index in [2.05, 4.69) is 12.2 Å². The first kappa shape index (κ1) is 19.4. The van der Waals surface area contributed by atoms with Crippen molar-refractivity contribution in [1.29, 1.82) is 5.26 Å². The number of amides is 1. The first-order chi connectivity index (χ1) is 11.9. The zero-order chi connectivity index (χ0) is 18.4. The number of nitrogens with one attached hydrogen (secondary N) is 1. The molecule has 1 aromatic rings. The Morgan fingerprint density at radius 2 is 2.00 bits per heavy atom. The minimum Gasteiger partial charge on any atom is -0.353 e. The van der Waals surface area contributed by atoms with Crippen LogP contribution >= 0.6 is 0 Å². The molecular formula is C18H25N3O3S. The van der Waals surface area contributed by atoms with Crippen molar-refractivity contribution in [3.8, 4) is 6.07 Å². The number of rotatable bonds is 6. The van der Waals surface area contributed by atoms with Crippen LogP contribution in [-0.2, 0) is 14.8 Å². The highest BCUT2D eigenvalue weighted by Crippen LogP contribution is 2.25. The van der Waals surface area contributed by atoms with E-state index in [1.54, 1.807) is 12.1 Å². The number of benzene rings is 1. The van der Waals surface area contributed by atoms with Crippen LogP contribution in [0.15, 0.2) is 29.2 Å². The fraction of sp³-hybridized carbons (Fsp3) is 0.556. The van der Waals surface area contributed by atoms with Crippen molar-refractivity contribution in [3.05, 3.63) is 29.8 Å². The molecule has 0 radical (unpaired) electrons. The number of hydrogen-bond donors (Lipinski definition) is 1. The van der Waals surface area contributed by atoms with Crippen LogP contribution in [0.25, 0.3) is 0 Å². The topological polar surface area (TPSA) is 90.3 Å². The SMILES string of the molecule is CCCC(C)NC(=O)C1CCN(S(=O)(=O)c2ccccc2C#N)CC1. The summed E-state index contributed by atoms with van der Waals surface area (Å²) in [6.07, 6.45) is 2.94. The van der Waals surface area contributed by atoms with Gasteiger partial charge in [0, 0.05) is 25.0 Å². The van der Waals surface area contributed by atoms with E-state index in [0.717, 1.165) is 12.8 Å². The molecule has 0 aliphatic carbocycles. The lowest BCUT2D eigenvalue weighted by Gasteiger charge is -2.31. The number of carbonyl (C=O) groups is 1. The second-order valence-electron chi connectivity index (χ2n) is 6.48. The summed E-state index contributed by atoms with van der Waals surface area (Å²) in [5.41, 5.74) is 0.149. The Balaban J connectivity index is 2.02. The molecule has 1 heterocycles. The molecule has 0 aromatic heterocycles. The summed E-state index contributed by atoms with van der Waals surface area (Å²) >= 11 is 0. The van der Waals surface area contributed by atoms with Gasteiger partial charge in [0.15, 0.2) is 0 Å². The molecule has 0 bridgehead atoms. The molecule has 0 saturated carbocycles. The van der Waals surface area contributed by atoms with Crippen LogP contribution in [0.4, 0.5) is 0 Å². The minimum absolute atomic E-state index is 0.00965. The minimum atomic E-state index is -3.71. The second-order valence-corrected chi connectivity index (χ2v) is 8.39. The molecule has 1 aliphatic heterocycles. The number of carbonyl (C=O) groups excluding carboxylic acids is 1. The molecule has 1 unspecified atom stereocenters. The molecule has 7 heteroatoms. The van der Waals surface area contributed by atoms with E-state index < -0.39 is 10.0 Å². The Hall–Kier alpha value is -1.91. The van der Waals surface area contributed by atoms with E-state index in [-0.39, 0.29) is 28.3 Å². The van der Waals surface area contributed by atoms with E-state index in [9.17, 15) is 13.2 Å². The van der Waals surface area contributed by atoms with Crippen molar-refractivity contribution in [1.82, 2.24) is 9.62 Å². The Morgan fingerprint density at radius 3 is 2.60 bits per heavy atom. The molecule has 2 rings (SSSR count). The third-order valence-electron chi connectivity index (χ3n) is 4.56. The molecule has 25 heavy (non-hydrogen) atoms. The zero-order valence-corrected chi connectivity index (χ0v) is 15.6. The van der Waals surface area contributed by atoms with Gasteiger partial charge in [-0.1, -0.05) is 25.5 Å². The van der Waals surface area contributed by atoms with E-state index in [1.807, 2.05) is 13.0 Å². The fourth-order valence-corrected chi connectivity index (χ4v) is 4.76.